The average Bonchev–Trinajstić information content (AvgIpc) is 2.33. The van der Waals surface area contributed by atoms with E-state index < -0.39 is 17.4 Å². The van der Waals surface area contributed by atoms with Crippen LogP contribution in [0.3, 0.4) is 0 Å². The Kier molecular flexibility index (Phi) is 4.32. The Bertz CT molecular complexity index is 623. The number of hydrogen-bond donors (Lipinski definition) is 0. The van der Waals surface area contributed by atoms with Gasteiger partial charge in [-0.1, -0.05) is 33.6 Å². The number of Topliss-reactive ketones (excluding diaryl/α,β-unsaturated/α-hetero) is 1. The Morgan fingerprint density at radius 2 is 1.79 bits per heavy atom. The maximum absolute atomic E-state index is 13.5. The zero-order valence-electron chi connectivity index (χ0n) is 9.59. The Morgan fingerprint density at radius 1 is 1.16 bits per heavy atom. The molecular formula is C14H8BrClF2O. The van der Waals surface area contributed by atoms with Crippen LogP contribution in [0, 0.1) is 11.6 Å². The third kappa shape index (κ3) is 3.19. The Labute approximate surface area is 122 Å². The van der Waals surface area contributed by atoms with Crippen LogP contribution in [0.2, 0.25) is 5.02 Å². The van der Waals surface area contributed by atoms with E-state index in [0.29, 0.717) is 0 Å². The first-order valence-corrected chi connectivity index (χ1v) is 6.57. The molecule has 0 aromatic heterocycles. The van der Waals surface area contributed by atoms with Gasteiger partial charge in [0.25, 0.3) is 0 Å². The van der Waals surface area contributed by atoms with Crippen molar-refractivity contribution in [1.82, 2.24) is 0 Å². The highest BCUT2D eigenvalue weighted by molar-refractivity contribution is 9.10. The van der Waals surface area contributed by atoms with Crippen molar-refractivity contribution in [1.29, 1.82) is 0 Å². The van der Waals surface area contributed by atoms with E-state index in [-0.39, 0.29) is 22.6 Å². The minimum atomic E-state index is -0.735. The molecular weight excluding hydrogens is 338 g/mol. The van der Waals surface area contributed by atoms with Gasteiger partial charge in [-0.3, -0.25) is 4.79 Å². The maximum atomic E-state index is 13.5. The fraction of sp³-hybridized carbons (Fsp3) is 0.0714. The van der Waals surface area contributed by atoms with Gasteiger partial charge in [-0.25, -0.2) is 8.78 Å². The summed E-state index contributed by atoms with van der Waals surface area (Å²) < 4.78 is 27.6. The fourth-order valence-corrected chi connectivity index (χ4v) is 2.45. The molecule has 0 N–H and O–H groups in total. The first-order chi connectivity index (χ1) is 8.99. The molecule has 0 atom stereocenters. The summed E-state index contributed by atoms with van der Waals surface area (Å²) in [5.74, 6) is -1.90. The normalized spacial score (nSPS) is 10.5. The molecule has 0 aliphatic carbocycles. The van der Waals surface area contributed by atoms with Gasteiger partial charge in [-0.2, -0.15) is 0 Å². The molecule has 2 aromatic carbocycles. The number of carbonyl (C=O) groups is 1. The molecule has 0 unspecified atom stereocenters. The van der Waals surface area contributed by atoms with Gasteiger partial charge < -0.3 is 0 Å². The largest absolute Gasteiger partial charge is 0.294 e. The number of rotatable bonds is 3. The maximum Gasteiger partial charge on any atom is 0.168 e. The monoisotopic (exact) mass is 344 g/mol. The SMILES string of the molecule is O=C(Cc1c(F)cccc1F)c1ccc(Br)cc1Cl. The molecule has 0 radical (unpaired) electrons. The minimum Gasteiger partial charge on any atom is -0.294 e. The minimum absolute atomic E-state index is 0.243. The summed E-state index contributed by atoms with van der Waals surface area (Å²) in [4.78, 5) is 12.0. The van der Waals surface area contributed by atoms with Crippen LogP contribution in [0.1, 0.15) is 15.9 Å². The fourth-order valence-electron chi connectivity index (χ4n) is 1.67. The zero-order chi connectivity index (χ0) is 14.0. The molecule has 0 saturated heterocycles. The van der Waals surface area contributed by atoms with Crippen LogP contribution in [0.15, 0.2) is 40.9 Å². The zero-order valence-corrected chi connectivity index (χ0v) is 11.9. The molecule has 19 heavy (non-hydrogen) atoms. The van der Waals surface area contributed by atoms with Gasteiger partial charge in [0.1, 0.15) is 11.6 Å². The van der Waals surface area contributed by atoms with E-state index in [9.17, 15) is 13.6 Å². The van der Waals surface area contributed by atoms with Crippen molar-refractivity contribution in [2.24, 2.45) is 0 Å². The molecule has 0 fully saturated rings. The van der Waals surface area contributed by atoms with Gasteiger partial charge in [0.2, 0.25) is 0 Å². The van der Waals surface area contributed by atoms with Gasteiger partial charge in [0.15, 0.2) is 5.78 Å². The van der Waals surface area contributed by atoms with Crippen LogP contribution >= 0.6 is 27.5 Å². The van der Waals surface area contributed by atoms with Crippen molar-refractivity contribution >= 4 is 33.3 Å². The van der Waals surface area contributed by atoms with Crippen LogP contribution in [-0.2, 0) is 6.42 Å². The van der Waals surface area contributed by atoms with E-state index in [1.807, 2.05) is 0 Å². The summed E-state index contributed by atoms with van der Waals surface area (Å²) >= 11 is 9.15. The van der Waals surface area contributed by atoms with Gasteiger partial charge in [0, 0.05) is 22.0 Å². The number of ketones is 1. The molecule has 5 heteroatoms. The Hall–Kier alpha value is -1.26. The quantitative estimate of drug-likeness (QED) is 0.730. The second-order valence-corrected chi connectivity index (χ2v) is 5.25. The van der Waals surface area contributed by atoms with E-state index in [1.165, 1.54) is 12.1 Å². The number of hydrogen-bond acceptors (Lipinski definition) is 1. The molecule has 0 spiro atoms. The highest BCUT2D eigenvalue weighted by atomic mass is 79.9. The molecule has 2 rings (SSSR count). The summed E-state index contributed by atoms with van der Waals surface area (Å²) in [5, 5.41) is 0.246. The molecule has 0 amide bonds. The lowest BCUT2D eigenvalue weighted by Crippen LogP contribution is -2.08. The van der Waals surface area contributed by atoms with Crippen LogP contribution in [0.25, 0.3) is 0 Å². The third-order valence-corrected chi connectivity index (χ3v) is 3.44. The molecule has 0 heterocycles. The van der Waals surface area contributed by atoms with E-state index in [0.717, 1.165) is 16.6 Å². The van der Waals surface area contributed by atoms with Gasteiger partial charge in [0.05, 0.1) is 5.02 Å². The molecule has 0 aliphatic heterocycles. The van der Waals surface area contributed by atoms with Crippen molar-refractivity contribution in [2.45, 2.75) is 6.42 Å². The topological polar surface area (TPSA) is 17.1 Å². The van der Waals surface area contributed by atoms with E-state index in [1.54, 1.807) is 12.1 Å². The van der Waals surface area contributed by atoms with Crippen LogP contribution in [0.4, 0.5) is 8.78 Å². The summed E-state index contributed by atoms with van der Waals surface area (Å²) in [6, 6.07) is 8.23. The van der Waals surface area contributed by atoms with Crippen molar-refractivity contribution in [3.63, 3.8) is 0 Å². The average molecular weight is 346 g/mol. The second-order valence-electron chi connectivity index (χ2n) is 3.92. The van der Waals surface area contributed by atoms with Gasteiger partial charge in [-0.15, -0.1) is 0 Å². The van der Waals surface area contributed by atoms with Crippen molar-refractivity contribution in [3.8, 4) is 0 Å². The standard InChI is InChI=1S/C14H8BrClF2O/c15-8-4-5-9(11(16)6-8)14(19)7-10-12(17)2-1-3-13(10)18/h1-6H,7H2. The van der Waals surface area contributed by atoms with Crippen LogP contribution in [-0.4, -0.2) is 5.78 Å². The lowest BCUT2D eigenvalue weighted by Gasteiger charge is -2.06. The molecule has 98 valence electrons. The Balaban J connectivity index is 2.31. The predicted octanol–water partition coefficient (Wildman–Crippen LogP) is 4.81. The van der Waals surface area contributed by atoms with E-state index in [2.05, 4.69) is 15.9 Å². The lowest BCUT2D eigenvalue weighted by molar-refractivity contribution is 0.0990. The van der Waals surface area contributed by atoms with Crippen LogP contribution in [0.5, 0.6) is 0 Å². The number of benzene rings is 2. The van der Waals surface area contributed by atoms with Crippen LogP contribution < -0.4 is 0 Å². The van der Waals surface area contributed by atoms with Crippen molar-refractivity contribution in [3.05, 3.63) is 68.7 Å². The van der Waals surface area contributed by atoms with Crippen molar-refractivity contribution < 1.29 is 13.6 Å². The lowest BCUT2D eigenvalue weighted by atomic mass is 10.0. The molecule has 2 aromatic rings. The van der Waals surface area contributed by atoms with E-state index in [4.69, 9.17) is 11.6 Å². The van der Waals surface area contributed by atoms with Gasteiger partial charge >= 0.3 is 0 Å². The Morgan fingerprint density at radius 3 is 2.37 bits per heavy atom. The summed E-state index contributed by atoms with van der Waals surface area (Å²) in [7, 11) is 0. The first-order valence-electron chi connectivity index (χ1n) is 5.40. The summed E-state index contributed by atoms with van der Waals surface area (Å²) in [5.41, 5.74) is -0.000921. The first kappa shape index (κ1) is 14.2. The predicted molar refractivity (Wildman–Crippen MR) is 73.5 cm³/mol. The highest BCUT2D eigenvalue weighted by Crippen LogP contribution is 2.23. The summed E-state index contributed by atoms with van der Waals surface area (Å²) in [6.07, 6.45) is -0.361. The molecule has 0 aliphatic rings. The molecule has 0 bridgehead atoms. The molecule has 1 nitrogen and oxygen atoms in total. The molecule has 0 saturated carbocycles. The smallest absolute Gasteiger partial charge is 0.168 e. The summed E-state index contributed by atoms with van der Waals surface area (Å²) in [6.45, 7) is 0. The van der Waals surface area contributed by atoms with E-state index >= 15 is 0 Å². The highest BCUT2D eigenvalue weighted by Gasteiger charge is 2.16. The second kappa shape index (κ2) is 5.80. The van der Waals surface area contributed by atoms with Gasteiger partial charge in [-0.05, 0) is 30.3 Å². The van der Waals surface area contributed by atoms with Crippen molar-refractivity contribution in [2.75, 3.05) is 0 Å². The third-order valence-electron chi connectivity index (χ3n) is 2.63. The number of carbonyl (C=O) groups excluding carboxylic acids is 1. The number of halogens is 4.